The summed E-state index contributed by atoms with van der Waals surface area (Å²) in [5.74, 6) is -2.23. The first-order valence-corrected chi connectivity index (χ1v) is 9.80. The van der Waals surface area contributed by atoms with E-state index in [1.807, 2.05) is 0 Å². The van der Waals surface area contributed by atoms with Gasteiger partial charge < -0.3 is 16.5 Å². The number of carbonyl (C=O) groups is 4. The molecule has 33 heavy (non-hydrogen) atoms. The Bertz CT molecular complexity index is 1250. The molecule has 1 aromatic carbocycles. The van der Waals surface area contributed by atoms with E-state index in [1.54, 1.807) is 12.1 Å². The normalized spacial score (nSPS) is 11.6. The Kier molecular flexibility index (Phi) is 6.88. The maximum absolute atomic E-state index is 12.6. The van der Waals surface area contributed by atoms with Crippen LogP contribution in [0.3, 0.4) is 0 Å². The molecule has 0 radical (unpaired) electrons. The minimum Gasteiger partial charge on any atom is -0.370 e. The van der Waals surface area contributed by atoms with Crippen molar-refractivity contribution >= 4 is 29.3 Å². The van der Waals surface area contributed by atoms with Gasteiger partial charge in [0.1, 0.15) is 17.7 Å². The largest absolute Gasteiger partial charge is 0.370 e. The molecule has 0 saturated carbocycles. The molecule has 0 saturated heterocycles. The quantitative estimate of drug-likeness (QED) is 0.440. The van der Waals surface area contributed by atoms with Crippen LogP contribution in [0.4, 0.5) is 5.69 Å². The van der Waals surface area contributed by atoms with E-state index in [4.69, 9.17) is 11.5 Å². The van der Waals surface area contributed by atoms with Crippen LogP contribution in [0, 0.1) is 0 Å². The molecule has 12 heteroatoms. The zero-order chi connectivity index (χ0) is 24.1. The minimum absolute atomic E-state index is 0.00529. The molecule has 0 spiro atoms. The maximum Gasteiger partial charge on any atom is 0.270 e. The first kappa shape index (κ1) is 23.2. The van der Waals surface area contributed by atoms with Gasteiger partial charge in [-0.3, -0.25) is 28.5 Å². The number of nitrogens with two attached hydrogens (primary N) is 2. The Hall–Kier alpha value is -4.45. The number of amides is 3. The van der Waals surface area contributed by atoms with Gasteiger partial charge >= 0.3 is 0 Å². The SMILES string of the molecule is CC(=O)N(C(=O)C(N)CCC(N)=O)c1ccc(-c2ncc(C(=O)n3ccnc3)c(=O)[nH]2)cc1. The molecule has 3 amide bonds. The zero-order valence-electron chi connectivity index (χ0n) is 17.6. The molecule has 1 atom stereocenters. The Morgan fingerprint density at radius 2 is 1.88 bits per heavy atom. The van der Waals surface area contributed by atoms with Gasteiger partial charge in [-0.05, 0) is 30.7 Å². The number of carbonyl (C=O) groups excluding carboxylic acids is 4. The van der Waals surface area contributed by atoms with Crippen molar-refractivity contribution in [3.63, 3.8) is 0 Å². The van der Waals surface area contributed by atoms with Gasteiger partial charge in [0.15, 0.2) is 0 Å². The van der Waals surface area contributed by atoms with E-state index in [2.05, 4.69) is 15.0 Å². The summed E-state index contributed by atoms with van der Waals surface area (Å²) in [7, 11) is 0. The van der Waals surface area contributed by atoms with Crippen LogP contribution < -0.4 is 21.9 Å². The monoisotopic (exact) mass is 451 g/mol. The van der Waals surface area contributed by atoms with Crippen LogP contribution in [0.15, 0.2) is 54.0 Å². The number of imide groups is 1. The predicted molar refractivity (Wildman–Crippen MR) is 117 cm³/mol. The Balaban J connectivity index is 1.82. The number of nitrogens with zero attached hydrogens (tertiary/aromatic N) is 4. The van der Waals surface area contributed by atoms with Crippen LogP contribution in [-0.4, -0.2) is 49.2 Å². The van der Waals surface area contributed by atoms with Gasteiger partial charge in [-0.2, -0.15) is 0 Å². The lowest BCUT2D eigenvalue weighted by atomic mass is 10.1. The van der Waals surface area contributed by atoms with Crippen molar-refractivity contribution in [3.05, 3.63) is 65.1 Å². The number of hydrogen-bond acceptors (Lipinski definition) is 8. The predicted octanol–water partition coefficient (Wildman–Crippen LogP) is -0.206. The summed E-state index contributed by atoms with van der Waals surface area (Å²) in [6.45, 7) is 1.21. The van der Waals surface area contributed by atoms with E-state index in [-0.39, 0.29) is 29.9 Å². The summed E-state index contributed by atoms with van der Waals surface area (Å²) in [6.07, 6.45) is 5.18. The lowest BCUT2D eigenvalue weighted by molar-refractivity contribution is -0.126. The molecule has 0 fully saturated rings. The van der Waals surface area contributed by atoms with Crippen LogP contribution in [0.25, 0.3) is 11.4 Å². The Labute approximate surface area is 187 Å². The summed E-state index contributed by atoms with van der Waals surface area (Å²) >= 11 is 0. The summed E-state index contributed by atoms with van der Waals surface area (Å²) in [5, 5.41) is 0. The van der Waals surface area contributed by atoms with E-state index in [0.717, 1.165) is 15.7 Å². The number of rotatable bonds is 7. The third-order valence-electron chi connectivity index (χ3n) is 4.72. The highest BCUT2D eigenvalue weighted by Gasteiger charge is 2.26. The second-order valence-electron chi connectivity index (χ2n) is 7.10. The number of benzene rings is 1. The number of anilines is 1. The first-order chi connectivity index (χ1) is 15.7. The molecule has 170 valence electrons. The van der Waals surface area contributed by atoms with Gasteiger partial charge in [0.25, 0.3) is 17.4 Å². The molecule has 2 heterocycles. The molecule has 0 aliphatic rings. The van der Waals surface area contributed by atoms with Gasteiger partial charge in [-0.25, -0.2) is 14.9 Å². The molecule has 3 rings (SSSR count). The van der Waals surface area contributed by atoms with Crippen molar-refractivity contribution in [2.24, 2.45) is 11.5 Å². The highest BCUT2D eigenvalue weighted by molar-refractivity contribution is 6.15. The smallest absolute Gasteiger partial charge is 0.270 e. The summed E-state index contributed by atoms with van der Waals surface area (Å²) in [5.41, 5.74) is 10.8. The van der Waals surface area contributed by atoms with E-state index in [9.17, 15) is 24.0 Å². The molecule has 12 nitrogen and oxygen atoms in total. The number of aromatic nitrogens is 4. The molecule has 3 aromatic rings. The molecule has 2 aromatic heterocycles. The number of hydrogen-bond donors (Lipinski definition) is 3. The number of primary amides is 1. The van der Waals surface area contributed by atoms with Crippen molar-refractivity contribution in [2.75, 3.05) is 4.90 Å². The Morgan fingerprint density at radius 3 is 2.42 bits per heavy atom. The van der Waals surface area contributed by atoms with Crippen LogP contribution in [0.2, 0.25) is 0 Å². The molecule has 0 bridgehead atoms. The zero-order valence-corrected chi connectivity index (χ0v) is 17.6. The van der Waals surface area contributed by atoms with Crippen molar-refractivity contribution in [1.82, 2.24) is 19.5 Å². The van der Waals surface area contributed by atoms with Crippen molar-refractivity contribution in [2.45, 2.75) is 25.8 Å². The first-order valence-electron chi connectivity index (χ1n) is 9.80. The van der Waals surface area contributed by atoms with E-state index >= 15 is 0 Å². The van der Waals surface area contributed by atoms with Gasteiger partial charge in [-0.1, -0.05) is 0 Å². The second kappa shape index (κ2) is 9.78. The maximum atomic E-state index is 12.6. The van der Waals surface area contributed by atoms with Crippen molar-refractivity contribution in [3.8, 4) is 11.4 Å². The number of nitrogens with one attached hydrogen (secondary N) is 1. The molecular weight excluding hydrogens is 430 g/mol. The average molecular weight is 451 g/mol. The van der Waals surface area contributed by atoms with Crippen molar-refractivity contribution < 1.29 is 19.2 Å². The van der Waals surface area contributed by atoms with Crippen LogP contribution >= 0.6 is 0 Å². The minimum atomic E-state index is -1.08. The van der Waals surface area contributed by atoms with Crippen LogP contribution in [-0.2, 0) is 14.4 Å². The standard InChI is InChI=1S/C21H21N7O5/c1-12(29)28(21(33)16(22)6-7-17(23)30)14-4-2-13(3-5-14)18-25-10-15(19(31)26-18)20(32)27-9-8-24-11-27/h2-5,8-11,16H,6-7,22H2,1H3,(H2,23,30)(H,25,26,31). The number of imidazole rings is 1. The molecular formula is C21H21N7O5. The lowest BCUT2D eigenvalue weighted by Gasteiger charge is -2.23. The van der Waals surface area contributed by atoms with Gasteiger partial charge in [0.2, 0.25) is 11.8 Å². The summed E-state index contributed by atoms with van der Waals surface area (Å²) < 4.78 is 1.15. The fourth-order valence-electron chi connectivity index (χ4n) is 3.03. The van der Waals surface area contributed by atoms with Crippen LogP contribution in [0.5, 0.6) is 0 Å². The molecule has 5 N–H and O–H groups in total. The van der Waals surface area contributed by atoms with E-state index < -0.39 is 35.2 Å². The second-order valence-corrected chi connectivity index (χ2v) is 7.10. The Morgan fingerprint density at radius 1 is 1.18 bits per heavy atom. The topological polar surface area (TPSA) is 187 Å². The lowest BCUT2D eigenvalue weighted by Crippen LogP contribution is -2.46. The van der Waals surface area contributed by atoms with Gasteiger partial charge in [0.05, 0.1) is 11.7 Å². The van der Waals surface area contributed by atoms with Crippen molar-refractivity contribution in [1.29, 1.82) is 0 Å². The molecule has 0 aliphatic carbocycles. The number of aromatic amines is 1. The third kappa shape index (κ3) is 5.25. The van der Waals surface area contributed by atoms with Gasteiger partial charge in [0, 0.05) is 37.5 Å². The fourth-order valence-corrected chi connectivity index (χ4v) is 3.03. The van der Waals surface area contributed by atoms with E-state index in [0.29, 0.717) is 5.56 Å². The highest BCUT2D eigenvalue weighted by Crippen LogP contribution is 2.21. The average Bonchev–Trinajstić information content (AvgIpc) is 3.32. The number of H-pyrrole nitrogens is 1. The molecule has 0 aliphatic heterocycles. The molecule has 1 unspecified atom stereocenters. The highest BCUT2D eigenvalue weighted by atomic mass is 16.2. The van der Waals surface area contributed by atoms with Gasteiger partial charge in [-0.15, -0.1) is 0 Å². The fraction of sp³-hybridized carbons (Fsp3) is 0.190. The van der Waals surface area contributed by atoms with Crippen LogP contribution in [0.1, 0.15) is 30.1 Å². The third-order valence-corrected chi connectivity index (χ3v) is 4.72. The van der Waals surface area contributed by atoms with E-state index in [1.165, 1.54) is 37.8 Å². The summed E-state index contributed by atoms with van der Waals surface area (Å²) in [4.78, 5) is 71.7. The summed E-state index contributed by atoms with van der Waals surface area (Å²) in [6, 6.07) is 4.98.